The van der Waals surface area contributed by atoms with Gasteiger partial charge >= 0.3 is 6.09 Å². The molecule has 1 rings (SSSR count). The van der Waals surface area contributed by atoms with E-state index in [9.17, 15) is 4.79 Å². The van der Waals surface area contributed by atoms with Crippen molar-refractivity contribution in [1.29, 1.82) is 0 Å². The molecule has 1 aromatic rings. The molecule has 16 heavy (non-hydrogen) atoms. The van der Waals surface area contributed by atoms with Crippen LogP contribution in [-0.2, 0) is 4.74 Å². The molecule has 1 N–H and O–H groups in total. The highest BCUT2D eigenvalue weighted by Crippen LogP contribution is 2.20. The van der Waals surface area contributed by atoms with Gasteiger partial charge < -0.3 is 10.1 Å². The monoisotopic (exact) mass is 221 g/mol. The van der Waals surface area contributed by atoms with E-state index in [1.54, 1.807) is 0 Å². The van der Waals surface area contributed by atoms with Crippen LogP contribution in [0.15, 0.2) is 30.3 Å². The van der Waals surface area contributed by atoms with Gasteiger partial charge in [-0.05, 0) is 18.4 Å². The molecule has 0 saturated carbocycles. The van der Waals surface area contributed by atoms with Crippen molar-refractivity contribution >= 4 is 6.09 Å². The van der Waals surface area contributed by atoms with E-state index in [1.807, 2.05) is 44.2 Å². The molecule has 0 aromatic heterocycles. The molecule has 0 saturated heterocycles. The zero-order chi connectivity index (χ0) is 11.8. The molecule has 88 valence electrons. The highest BCUT2D eigenvalue weighted by atomic mass is 16.6. The van der Waals surface area contributed by atoms with Crippen LogP contribution in [-0.4, -0.2) is 12.6 Å². The van der Waals surface area contributed by atoms with Crippen molar-refractivity contribution in [1.82, 2.24) is 5.32 Å². The lowest BCUT2D eigenvalue weighted by atomic mass is 10.1. The van der Waals surface area contributed by atoms with E-state index in [0.717, 1.165) is 18.4 Å². The van der Waals surface area contributed by atoms with Gasteiger partial charge in [0.15, 0.2) is 0 Å². The Balaban J connectivity index is 2.52. The topological polar surface area (TPSA) is 38.3 Å². The summed E-state index contributed by atoms with van der Waals surface area (Å²) in [7, 11) is 0. The number of amides is 1. The van der Waals surface area contributed by atoms with E-state index in [0.29, 0.717) is 6.54 Å². The summed E-state index contributed by atoms with van der Waals surface area (Å²) < 4.78 is 5.34. The van der Waals surface area contributed by atoms with Gasteiger partial charge in [0, 0.05) is 6.54 Å². The van der Waals surface area contributed by atoms with Crippen molar-refractivity contribution in [2.24, 2.45) is 0 Å². The Hall–Kier alpha value is -1.51. The van der Waals surface area contributed by atoms with Gasteiger partial charge in [-0.1, -0.05) is 44.2 Å². The van der Waals surface area contributed by atoms with Crippen LogP contribution in [0, 0.1) is 0 Å². The van der Waals surface area contributed by atoms with Crippen LogP contribution in [0.4, 0.5) is 4.79 Å². The molecule has 1 aromatic carbocycles. The number of hydrogen-bond acceptors (Lipinski definition) is 2. The van der Waals surface area contributed by atoms with Gasteiger partial charge in [0.25, 0.3) is 0 Å². The van der Waals surface area contributed by atoms with Gasteiger partial charge in [-0.3, -0.25) is 0 Å². The molecule has 3 heteroatoms. The van der Waals surface area contributed by atoms with Crippen LogP contribution in [0.1, 0.15) is 38.4 Å². The molecule has 0 radical (unpaired) electrons. The van der Waals surface area contributed by atoms with Gasteiger partial charge in [0.05, 0.1) is 0 Å². The normalized spacial score (nSPS) is 11.9. The van der Waals surface area contributed by atoms with Crippen LogP contribution in [0.5, 0.6) is 0 Å². The Morgan fingerprint density at radius 3 is 2.56 bits per heavy atom. The van der Waals surface area contributed by atoms with Crippen molar-refractivity contribution in [2.45, 2.75) is 32.8 Å². The average Bonchev–Trinajstić information content (AvgIpc) is 2.34. The van der Waals surface area contributed by atoms with Crippen molar-refractivity contribution in [3.8, 4) is 0 Å². The summed E-state index contributed by atoms with van der Waals surface area (Å²) in [6, 6.07) is 9.80. The lowest BCUT2D eigenvalue weighted by molar-refractivity contribution is 0.0953. The van der Waals surface area contributed by atoms with E-state index in [1.165, 1.54) is 0 Å². The first kappa shape index (κ1) is 12.6. The zero-order valence-electron chi connectivity index (χ0n) is 9.90. The molecule has 0 spiro atoms. The SMILES string of the molecule is CCCNC(=O)OC(CC)c1ccccc1. The number of rotatable bonds is 5. The Kier molecular flexibility index (Phi) is 5.40. The van der Waals surface area contributed by atoms with Crippen LogP contribution in [0.3, 0.4) is 0 Å². The molecule has 1 unspecified atom stereocenters. The van der Waals surface area contributed by atoms with Crippen molar-refractivity contribution in [3.63, 3.8) is 0 Å². The van der Waals surface area contributed by atoms with Gasteiger partial charge in [0.2, 0.25) is 0 Å². The van der Waals surface area contributed by atoms with Gasteiger partial charge in [-0.25, -0.2) is 4.79 Å². The molecule has 3 nitrogen and oxygen atoms in total. The third-order valence-electron chi connectivity index (χ3n) is 2.31. The third kappa shape index (κ3) is 3.93. The Labute approximate surface area is 96.8 Å². The Morgan fingerprint density at radius 2 is 2.00 bits per heavy atom. The smallest absolute Gasteiger partial charge is 0.407 e. The number of nitrogens with one attached hydrogen (secondary N) is 1. The number of ether oxygens (including phenoxy) is 1. The van der Waals surface area contributed by atoms with Crippen LogP contribution >= 0.6 is 0 Å². The van der Waals surface area contributed by atoms with Crippen molar-refractivity contribution < 1.29 is 9.53 Å². The summed E-state index contributed by atoms with van der Waals surface area (Å²) in [5, 5.41) is 2.71. The van der Waals surface area contributed by atoms with Gasteiger partial charge in [-0.15, -0.1) is 0 Å². The summed E-state index contributed by atoms with van der Waals surface area (Å²) in [5.41, 5.74) is 1.04. The summed E-state index contributed by atoms with van der Waals surface area (Å²) in [5.74, 6) is 0. The first-order valence-corrected chi connectivity index (χ1v) is 5.77. The second kappa shape index (κ2) is 6.88. The standard InChI is InChI=1S/C13H19NO2/c1-3-10-14-13(15)16-12(4-2)11-8-6-5-7-9-11/h5-9,12H,3-4,10H2,1-2H3,(H,14,15). The van der Waals surface area contributed by atoms with Crippen LogP contribution in [0.2, 0.25) is 0 Å². The Morgan fingerprint density at radius 1 is 1.31 bits per heavy atom. The molecular formula is C13H19NO2. The van der Waals surface area contributed by atoms with E-state index in [-0.39, 0.29) is 12.2 Å². The number of alkyl carbamates (subject to hydrolysis) is 1. The van der Waals surface area contributed by atoms with Crippen molar-refractivity contribution in [2.75, 3.05) is 6.54 Å². The summed E-state index contributed by atoms with van der Waals surface area (Å²) in [6.45, 7) is 4.67. The largest absolute Gasteiger partial charge is 0.441 e. The fourth-order valence-corrected chi connectivity index (χ4v) is 1.45. The van der Waals surface area contributed by atoms with Gasteiger partial charge in [-0.2, -0.15) is 0 Å². The number of carbonyl (C=O) groups excluding carboxylic acids is 1. The minimum atomic E-state index is -0.336. The molecule has 0 heterocycles. The van der Waals surface area contributed by atoms with Crippen molar-refractivity contribution in [3.05, 3.63) is 35.9 Å². The summed E-state index contributed by atoms with van der Waals surface area (Å²) in [4.78, 5) is 11.4. The minimum absolute atomic E-state index is 0.155. The summed E-state index contributed by atoms with van der Waals surface area (Å²) in [6.07, 6.45) is 1.21. The third-order valence-corrected chi connectivity index (χ3v) is 2.31. The van der Waals surface area contributed by atoms with E-state index >= 15 is 0 Å². The Bertz CT molecular complexity index is 311. The first-order valence-electron chi connectivity index (χ1n) is 5.77. The second-order valence-electron chi connectivity index (χ2n) is 3.64. The molecule has 0 aliphatic rings. The van der Waals surface area contributed by atoms with E-state index in [2.05, 4.69) is 5.32 Å². The van der Waals surface area contributed by atoms with Crippen LogP contribution < -0.4 is 5.32 Å². The maximum atomic E-state index is 11.4. The van der Waals surface area contributed by atoms with E-state index < -0.39 is 0 Å². The number of benzene rings is 1. The molecule has 0 fully saturated rings. The minimum Gasteiger partial charge on any atom is -0.441 e. The fourth-order valence-electron chi connectivity index (χ4n) is 1.45. The lowest BCUT2D eigenvalue weighted by Crippen LogP contribution is -2.26. The number of carbonyl (C=O) groups is 1. The highest BCUT2D eigenvalue weighted by molar-refractivity contribution is 5.67. The summed E-state index contributed by atoms with van der Waals surface area (Å²) >= 11 is 0. The van der Waals surface area contributed by atoms with E-state index in [4.69, 9.17) is 4.74 Å². The molecular weight excluding hydrogens is 202 g/mol. The first-order chi connectivity index (χ1) is 7.77. The fraction of sp³-hybridized carbons (Fsp3) is 0.462. The molecule has 1 atom stereocenters. The predicted octanol–water partition coefficient (Wildman–Crippen LogP) is 3.27. The zero-order valence-corrected chi connectivity index (χ0v) is 9.90. The second-order valence-corrected chi connectivity index (χ2v) is 3.64. The van der Waals surface area contributed by atoms with Gasteiger partial charge in [0.1, 0.15) is 6.10 Å². The maximum Gasteiger partial charge on any atom is 0.407 e. The van der Waals surface area contributed by atoms with Crippen LogP contribution in [0.25, 0.3) is 0 Å². The average molecular weight is 221 g/mol. The quantitative estimate of drug-likeness (QED) is 0.828. The lowest BCUT2D eigenvalue weighted by Gasteiger charge is -2.16. The predicted molar refractivity (Wildman–Crippen MR) is 64.2 cm³/mol. The molecule has 0 aliphatic heterocycles. The highest BCUT2D eigenvalue weighted by Gasteiger charge is 2.13. The molecule has 0 aliphatic carbocycles. The molecule has 0 bridgehead atoms. The number of hydrogen-bond donors (Lipinski definition) is 1. The molecule has 1 amide bonds. The maximum absolute atomic E-state index is 11.4.